The van der Waals surface area contributed by atoms with Crippen molar-refractivity contribution in [1.29, 1.82) is 0 Å². The van der Waals surface area contributed by atoms with Crippen LogP contribution in [0.2, 0.25) is 0 Å². The van der Waals surface area contributed by atoms with Gasteiger partial charge in [0.1, 0.15) is 5.82 Å². The van der Waals surface area contributed by atoms with Crippen molar-refractivity contribution in [2.45, 2.75) is 26.2 Å². The molecule has 0 radical (unpaired) electrons. The van der Waals surface area contributed by atoms with E-state index in [1.165, 1.54) is 18.2 Å². The quantitative estimate of drug-likeness (QED) is 0.345. The molecule has 2 amide bonds. The minimum atomic E-state index is -1.11. The maximum absolute atomic E-state index is 13.0. The molecule has 0 saturated heterocycles. The molecule has 4 N–H and O–H groups in total. The minimum absolute atomic E-state index is 0.0134. The molecular formula is C22H20N6O5. The molecule has 1 atom stereocenters. The van der Waals surface area contributed by atoms with Crippen LogP contribution in [0.15, 0.2) is 47.3 Å². The number of nitro groups is 1. The number of aromatic amines is 1. The predicted molar refractivity (Wildman–Crippen MR) is 122 cm³/mol. The van der Waals surface area contributed by atoms with E-state index >= 15 is 0 Å². The van der Waals surface area contributed by atoms with Crippen molar-refractivity contribution >= 4 is 40.6 Å². The number of hydrogen-bond donors (Lipinski definition) is 4. The molecule has 0 spiro atoms. The first-order chi connectivity index (χ1) is 15.7. The van der Waals surface area contributed by atoms with Gasteiger partial charge in [-0.3, -0.25) is 29.5 Å². The van der Waals surface area contributed by atoms with E-state index < -0.39 is 28.2 Å². The number of carbonyl (C=O) groups is 2. The molecule has 3 aromatic rings. The first-order valence-electron chi connectivity index (χ1n) is 10.0. The average Bonchev–Trinajstić information content (AvgIpc) is 2.75. The molecule has 2 heterocycles. The normalized spacial score (nSPS) is 14.7. The molecule has 0 fully saturated rings. The highest BCUT2D eigenvalue weighted by atomic mass is 16.6. The summed E-state index contributed by atoms with van der Waals surface area (Å²) in [5.74, 6) is -2.13. The number of H-pyrrole nitrogens is 1. The largest absolute Gasteiger partial charge is 0.326 e. The first kappa shape index (κ1) is 21.7. The third kappa shape index (κ3) is 4.56. The Bertz CT molecular complexity index is 1330. The number of non-ortho nitro benzene ring substituents is 1. The molecule has 0 saturated carbocycles. The van der Waals surface area contributed by atoms with Gasteiger partial charge in [-0.2, -0.15) is 4.98 Å². The molecule has 168 valence electrons. The summed E-state index contributed by atoms with van der Waals surface area (Å²) < 4.78 is 0. The summed E-state index contributed by atoms with van der Waals surface area (Å²) in [5, 5.41) is 19.2. The summed E-state index contributed by atoms with van der Waals surface area (Å²) >= 11 is 0. The Kier molecular flexibility index (Phi) is 5.61. The molecule has 1 aliphatic heterocycles. The molecule has 0 aliphatic carbocycles. The monoisotopic (exact) mass is 448 g/mol. The lowest BCUT2D eigenvalue weighted by Gasteiger charge is -2.24. The van der Waals surface area contributed by atoms with Crippen LogP contribution in [0.3, 0.4) is 0 Å². The summed E-state index contributed by atoms with van der Waals surface area (Å²) in [7, 11) is 0. The standard InChI is InChI=1S/C22H20N6O5/c1-11-3-6-13(7-4-11)23-22-26-19-18(21(31)27-22)15(10-17(29)25-19)20(30)24-16-9-14(28(32)33)8-5-12(16)2/h3-9,15H,10H2,1-2H3,(H,24,30)(H3,23,25,26,27,29,31)/t15-/m0/s1. The maximum Gasteiger partial charge on any atom is 0.271 e. The van der Waals surface area contributed by atoms with Crippen molar-refractivity contribution in [3.8, 4) is 0 Å². The van der Waals surface area contributed by atoms with Crippen molar-refractivity contribution in [2.24, 2.45) is 0 Å². The maximum atomic E-state index is 13.0. The number of nitro benzene ring substituents is 1. The number of benzene rings is 2. The molecule has 1 aromatic heterocycles. The van der Waals surface area contributed by atoms with E-state index in [1.54, 1.807) is 6.92 Å². The number of hydrogen-bond acceptors (Lipinski definition) is 7. The van der Waals surface area contributed by atoms with Crippen molar-refractivity contribution in [3.63, 3.8) is 0 Å². The number of aromatic nitrogens is 2. The van der Waals surface area contributed by atoms with Crippen molar-refractivity contribution < 1.29 is 14.5 Å². The van der Waals surface area contributed by atoms with Gasteiger partial charge in [-0.15, -0.1) is 0 Å². The Balaban J connectivity index is 1.64. The second kappa shape index (κ2) is 8.54. The zero-order valence-corrected chi connectivity index (χ0v) is 17.8. The summed E-state index contributed by atoms with van der Waals surface area (Å²) in [5.41, 5.74) is 1.82. The van der Waals surface area contributed by atoms with E-state index in [0.29, 0.717) is 11.3 Å². The molecular weight excluding hydrogens is 428 g/mol. The van der Waals surface area contributed by atoms with Gasteiger partial charge < -0.3 is 16.0 Å². The SMILES string of the molecule is Cc1ccc(Nc2nc3c(c(=O)[nH]2)[C@@H](C(=O)Nc2cc([N+](=O)[O-])ccc2C)CC(=O)N3)cc1. The molecule has 4 rings (SSSR count). The van der Waals surface area contributed by atoms with Gasteiger partial charge in [0.15, 0.2) is 0 Å². The van der Waals surface area contributed by atoms with E-state index in [1.807, 2.05) is 31.2 Å². The van der Waals surface area contributed by atoms with E-state index in [2.05, 4.69) is 25.9 Å². The third-order valence-corrected chi connectivity index (χ3v) is 5.27. The van der Waals surface area contributed by atoms with Crippen molar-refractivity contribution in [3.05, 3.63) is 79.6 Å². The fourth-order valence-corrected chi connectivity index (χ4v) is 3.51. The highest BCUT2D eigenvalue weighted by Crippen LogP contribution is 2.31. The summed E-state index contributed by atoms with van der Waals surface area (Å²) in [6.45, 7) is 3.62. The van der Waals surface area contributed by atoms with Crippen LogP contribution in [-0.2, 0) is 9.59 Å². The van der Waals surface area contributed by atoms with Crippen LogP contribution in [0, 0.1) is 24.0 Å². The van der Waals surface area contributed by atoms with Gasteiger partial charge in [-0.05, 0) is 31.5 Å². The number of nitrogens with zero attached hydrogens (tertiary/aromatic N) is 2. The Morgan fingerprint density at radius 3 is 2.58 bits per heavy atom. The number of fused-ring (bicyclic) bond motifs is 1. The van der Waals surface area contributed by atoms with E-state index in [4.69, 9.17) is 0 Å². The molecule has 11 nitrogen and oxygen atoms in total. The lowest BCUT2D eigenvalue weighted by molar-refractivity contribution is -0.384. The minimum Gasteiger partial charge on any atom is -0.326 e. The highest BCUT2D eigenvalue weighted by Gasteiger charge is 2.35. The van der Waals surface area contributed by atoms with Crippen molar-refractivity contribution in [2.75, 3.05) is 16.0 Å². The Hall–Kier alpha value is -4.54. The second-order valence-corrected chi connectivity index (χ2v) is 7.72. The third-order valence-electron chi connectivity index (χ3n) is 5.27. The zero-order valence-electron chi connectivity index (χ0n) is 17.8. The van der Waals surface area contributed by atoms with Crippen LogP contribution >= 0.6 is 0 Å². The Morgan fingerprint density at radius 1 is 1.15 bits per heavy atom. The molecule has 0 unspecified atom stereocenters. The van der Waals surface area contributed by atoms with E-state index in [9.17, 15) is 24.5 Å². The fraction of sp³-hybridized carbons (Fsp3) is 0.182. The van der Waals surface area contributed by atoms with Crippen LogP contribution < -0.4 is 21.5 Å². The average molecular weight is 448 g/mol. The van der Waals surface area contributed by atoms with E-state index in [0.717, 1.165) is 5.56 Å². The van der Waals surface area contributed by atoms with Crippen LogP contribution in [0.5, 0.6) is 0 Å². The Morgan fingerprint density at radius 2 is 1.88 bits per heavy atom. The van der Waals surface area contributed by atoms with E-state index in [-0.39, 0.29) is 35.1 Å². The number of carbonyl (C=O) groups excluding carboxylic acids is 2. The van der Waals surface area contributed by atoms with Crippen LogP contribution in [0.1, 0.15) is 29.0 Å². The molecule has 11 heteroatoms. The van der Waals surface area contributed by atoms with Gasteiger partial charge in [0.25, 0.3) is 11.2 Å². The Labute approximate surface area is 187 Å². The number of rotatable bonds is 5. The molecule has 0 bridgehead atoms. The predicted octanol–water partition coefficient (Wildman–Crippen LogP) is 3.10. The first-order valence-corrected chi connectivity index (χ1v) is 10.0. The summed E-state index contributed by atoms with van der Waals surface area (Å²) in [6.07, 6.45) is -0.262. The molecule has 1 aliphatic rings. The van der Waals surface area contributed by atoms with Crippen LogP contribution in [-0.4, -0.2) is 26.7 Å². The smallest absolute Gasteiger partial charge is 0.271 e. The molecule has 33 heavy (non-hydrogen) atoms. The van der Waals surface area contributed by atoms with Gasteiger partial charge >= 0.3 is 0 Å². The number of aryl methyl sites for hydroxylation is 2. The zero-order chi connectivity index (χ0) is 23.7. The second-order valence-electron chi connectivity index (χ2n) is 7.72. The van der Waals surface area contributed by atoms with Gasteiger partial charge in [0, 0.05) is 24.2 Å². The lowest BCUT2D eigenvalue weighted by atomic mass is 9.92. The van der Waals surface area contributed by atoms with Gasteiger partial charge in [-0.1, -0.05) is 23.8 Å². The molecule has 2 aromatic carbocycles. The number of anilines is 4. The summed E-state index contributed by atoms with van der Waals surface area (Å²) in [4.78, 5) is 55.5. The van der Waals surface area contributed by atoms with Gasteiger partial charge in [0.2, 0.25) is 17.8 Å². The highest BCUT2D eigenvalue weighted by molar-refractivity contribution is 6.04. The van der Waals surface area contributed by atoms with Gasteiger partial charge in [-0.25, -0.2) is 0 Å². The fourth-order valence-electron chi connectivity index (χ4n) is 3.51. The van der Waals surface area contributed by atoms with Crippen LogP contribution in [0.25, 0.3) is 0 Å². The van der Waals surface area contributed by atoms with Crippen molar-refractivity contribution in [1.82, 2.24) is 9.97 Å². The van der Waals surface area contributed by atoms with Crippen LogP contribution in [0.4, 0.5) is 28.8 Å². The van der Waals surface area contributed by atoms with Gasteiger partial charge in [0.05, 0.1) is 22.1 Å². The number of amides is 2. The lowest BCUT2D eigenvalue weighted by Crippen LogP contribution is -2.36. The topological polar surface area (TPSA) is 159 Å². The number of nitrogens with one attached hydrogen (secondary N) is 4. The summed E-state index contributed by atoms with van der Waals surface area (Å²) in [6, 6.07) is 11.5.